The number of rotatable bonds is 8. The number of halogens is 3. The van der Waals surface area contributed by atoms with Crippen molar-refractivity contribution in [1.29, 1.82) is 0 Å². The van der Waals surface area contributed by atoms with Crippen LogP contribution in [0.25, 0.3) is 0 Å². The highest BCUT2D eigenvalue weighted by molar-refractivity contribution is 5.27. The summed E-state index contributed by atoms with van der Waals surface area (Å²) in [6.07, 6.45) is -2.61. The van der Waals surface area contributed by atoms with Crippen molar-refractivity contribution in [3.8, 4) is 0 Å². The van der Waals surface area contributed by atoms with Gasteiger partial charge in [-0.1, -0.05) is 26.0 Å². The van der Waals surface area contributed by atoms with Gasteiger partial charge < -0.3 is 5.32 Å². The van der Waals surface area contributed by atoms with Crippen molar-refractivity contribution < 1.29 is 13.2 Å². The molecule has 1 heterocycles. The number of aromatic nitrogens is 2. The highest BCUT2D eigenvalue weighted by atomic mass is 19.4. The summed E-state index contributed by atoms with van der Waals surface area (Å²) in [5, 5.41) is 10.1. The molecule has 2 aromatic rings. The molecule has 0 saturated heterocycles. The van der Waals surface area contributed by atoms with E-state index in [2.05, 4.69) is 34.3 Å². The van der Waals surface area contributed by atoms with Crippen LogP contribution in [0.4, 0.5) is 13.2 Å². The zero-order chi connectivity index (χ0) is 17.6. The molecule has 1 aromatic carbocycles. The summed E-state index contributed by atoms with van der Waals surface area (Å²) in [6.45, 7) is 7.04. The van der Waals surface area contributed by atoms with Crippen LogP contribution < -0.4 is 5.32 Å². The molecule has 0 bridgehead atoms. The molecule has 0 aliphatic carbocycles. The fourth-order valence-corrected chi connectivity index (χ4v) is 2.74. The van der Waals surface area contributed by atoms with Gasteiger partial charge in [-0.2, -0.15) is 18.3 Å². The quantitative estimate of drug-likeness (QED) is 0.772. The molecule has 1 atom stereocenters. The van der Waals surface area contributed by atoms with Gasteiger partial charge in [0, 0.05) is 31.0 Å². The maximum absolute atomic E-state index is 12.7. The van der Waals surface area contributed by atoms with Crippen molar-refractivity contribution in [2.24, 2.45) is 0 Å². The van der Waals surface area contributed by atoms with Crippen LogP contribution in [0.2, 0.25) is 0 Å². The molecule has 2 N–H and O–H groups in total. The van der Waals surface area contributed by atoms with Crippen molar-refractivity contribution in [2.45, 2.75) is 32.6 Å². The Balaban J connectivity index is 2.10. The summed E-state index contributed by atoms with van der Waals surface area (Å²) in [5.74, 6) is 0. The second-order valence-electron chi connectivity index (χ2n) is 5.57. The third-order valence-electron chi connectivity index (χ3n) is 4.09. The molecule has 7 heteroatoms. The molecule has 0 fully saturated rings. The van der Waals surface area contributed by atoms with Gasteiger partial charge in [-0.3, -0.25) is 10.00 Å². The zero-order valence-corrected chi connectivity index (χ0v) is 13.9. The average Bonchev–Trinajstić information content (AvgIpc) is 3.07. The van der Waals surface area contributed by atoms with Crippen LogP contribution in [0.15, 0.2) is 36.5 Å². The number of nitrogens with zero attached hydrogens (tertiary/aromatic N) is 2. The highest BCUT2D eigenvalue weighted by Gasteiger charge is 2.30. The second kappa shape index (κ2) is 8.30. The third kappa shape index (κ3) is 4.82. The Hall–Kier alpha value is -1.86. The molecule has 0 amide bonds. The molecule has 0 saturated carbocycles. The minimum atomic E-state index is -4.30. The van der Waals surface area contributed by atoms with Crippen molar-refractivity contribution >= 4 is 0 Å². The molecule has 0 aliphatic rings. The van der Waals surface area contributed by atoms with Crippen LogP contribution in [0.5, 0.6) is 0 Å². The summed E-state index contributed by atoms with van der Waals surface area (Å²) in [7, 11) is 0. The number of benzene rings is 1. The average molecular weight is 340 g/mol. The van der Waals surface area contributed by atoms with E-state index in [4.69, 9.17) is 0 Å². The maximum Gasteiger partial charge on any atom is 0.416 e. The van der Waals surface area contributed by atoms with Crippen LogP contribution in [0.1, 0.15) is 36.7 Å². The molecule has 1 unspecified atom stereocenters. The van der Waals surface area contributed by atoms with Gasteiger partial charge in [0.1, 0.15) is 0 Å². The zero-order valence-electron chi connectivity index (χ0n) is 13.9. The van der Waals surface area contributed by atoms with Gasteiger partial charge in [0.15, 0.2) is 0 Å². The molecule has 0 spiro atoms. The number of alkyl halides is 3. The summed E-state index contributed by atoms with van der Waals surface area (Å²) >= 11 is 0. The van der Waals surface area contributed by atoms with Gasteiger partial charge >= 0.3 is 6.18 Å². The highest BCUT2D eigenvalue weighted by Crippen LogP contribution is 2.30. The lowest BCUT2D eigenvalue weighted by molar-refractivity contribution is -0.137. The van der Waals surface area contributed by atoms with Crippen molar-refractivity contribution in [1.82, 2.24) is 20.4 Å². The molecular weight excluding hydrogens is 317 g/mol. The minimum absolute atomic E-state index is 0.0187. The smallest absolute Gasteiger partial charge is 0.309 e. The Morgan fingerprint density at radius 2 is 1.79 bits per heavy atom. The van der Waals surface area contributed by atoms with Gasteiger partial charge in [-0.15, -0.1) is 0 Å². The largest absolute Gasteiger partial charge is 0.416 e. The Kier molecular flexibility index (Phi) is 6.39. The Labute approximate surface area is 140 Å². The lowest BCUT2D eigenvalue weighted by Gasteiger charge is -2.30. The SMILES string of the molecule is CCN(CC)C(CNCc1ccn[nH]1)c1ccc(C(F)(F)F)cc1. The first-order valence-electron chi connectivity index (χ1n) is 8.05. The van der Waals surface area contributed by atoms with Gasteiger partial charge in [-0.05, 0) is 36.9 Å². The normalized spacial score (nSPS) is 13.4. The maximum atomic E-state index is 12.7. The van der Waals surface area contributed by atoms with Crippen molar-refractivity contribution in [3.63, 3.8) is 0 Å². The standard InChI is InChI=1S/C17H23F3N4/c1-3-24(4-2)16(12-21-11-15-9-10-22-23-15)13-5-7-14(8-6-13)17(18,19)20/h5-10,16,21H,3-4,11-12H2,1-2H3,(H,22,23). The molecule has 1 aromatic heterocycles. The summed E-state index contributed by atoms with van der Waals surface area (Å²) in [5.41, 5.74) is 1.24. The molecular formula is C17H23F3N4. The van der Waals surface area contributed by atoms with E-state index >= 15 is 0 Å². The van der Waals surface area contributed by atoms with E-state index in [9.17, 15) is 13.2 Å². The summed E-state index contributed by atoms with van der Waals surface area (Å²) in [6, 6.07) is 7.36. The van der Waals surface area contributed by atoms with E-state index in [1.165, 1.54) is 0 Å². The van der Waals surface area contributed by atoms with E-state index in [1.54, 1.807) is 18.3 Å². The summed E-state index contributed by atoms with van der Waals surface area (Å²) < 4.78 is 38.2. The van der Waals surface area contributed by atoms with E-state index in [-0.39, 0.29) is 6.04 Å². The second-order valence-corrected chi connectivity index (χ2v) is 5.57. The first kappa shape index (κ1) is 18.5. The number of H-pyrrole nitrogens is 1. The Morgan fingerprint density at radius 3 is 2.29 bits per heavy atom. The molecule has 0 radical (unpaired) electrons. The number of hydrogen-bond acceptors (Lipinski definition) is 3. The van der Waals surface area contributed by atoms with E-state index < -0.39 is 11.7 Å². The molecule has 132 valence electrons. The molecule has 0 aliphatic heterocycles. The van der Waals surface area contributed by atoms with Gasteiger partial charge in [0.05, 0.1) is 5.56 Å². The van der Waals surface area contributed by atoms with Crippen molar-refractivity contribution in [3.05, 3.63) is 53.3 Å². The monoisotopic (exact) mass is 340 g/mol. The predicted octanol–water partition coefficient (Wildman–Crippen LogP) is 3.60. The van der Waals surface area contributed by atoms with Crippen LogP contribution >= 0.6 is 0 Å². The molecule has 2 rings (SSSR count). The van der Waals surface area contributed by atoms with E-state index in [0.717, 1.165) is 36.5 Å². The predicted molar refractivity (Wildman–Crippen MR) is 87.4 cm³/mol. The van der Waals surface area contributed by atoms with Crippen LogP contribution in [-0.4, -0.2) is 34.7 Å². The first-order chi connectivity index (χ1) is 11.5. The number of aromatic amines is 1. The van der Waals surface area contributed by atoms with Crippen LogP contribution in [0.3, 0.4) is 0 Å². The first-order valence-corrected chi connectivity index (χ1v) is 8.05. The van der Waals surface area contributed by atoms with E-state index in [0.29, 0.717) is 13.1 Å². The molecule has 24 heavy (non-hydrogen) atoms. The number of likely N-dealkylation sites (N-methyl/N-ethyl adjacent to an activating group) is 1. The fraction of sp³-hybridized carbons (Fsp3) is 0.471. The van der Waals surface area contributed by atoms with E-state index in [1.807, 2.05) is 6.07 Å². The lowest BCUT2D eigenvalue weighted by Crippen LogP contribution is -2.35. The molecule has 4 nitrogen and oxygen atoms in total. The van der Waals surface area contributed by atoms with Gasteiger partial charge in [0.25, 0.3) is 0 Å². The lowest BCUT2D eigenvalue weighted by atomic mass is 10.0. The van der Waals surface area contributed by atoms with Gasteiger partial charge in [0.2, 0.25) is 0 Å². The number of hydrogen-bond donors (Lipinski definition) is 2. The summed E-state index contributed by atoms with van der Waals surface area (Å²) in [4.78, 5) is 2.22. The number of nitrogens with one attached hydrogen (secondary N) is 2. The van der Waals surface area contributed by atoms with Crippen LogP contribution in [-0.2, 0) is 12.7 Å². The third-order valence-corrected chi connectivity index (χ3v) is 4.09. The van der Waals surface area contributed by atoms with Gasteiger partial charge in [-0.25, -0.2) is 0 Å². The Morgan fingerprint density at radius 1 is 1.12 bits per heavy atom. The Bertz CT molecular complexity index is 589. The fourth-order valence-electron chi connectivity index (χ4n) is 2.74. The topological polar surface area (TPSA) is 44.0 Å². The van der Waals surface area contributed by atoms with Crippen LogP contribution in [0, 0.1) is 0 Å². The van der Waals surface area contributed by atoms with Crippen molar-refractivity contribution in [2.75, 3.05) is 19.6 Å². The minimum Gasteiger partial charge on any atom is -0.309 e.